The Morgan fingerprint density at radius 1 is 0.882 bits per heavy atom. The van der Waals surface area contributed by atoms with Crippen molar-refractivity contribution in [2.75, 3.05) is 0 Å². The zero-order valence-corrected chi connectivity index (χ0v) is 8.81. The highest BCUT2D eigenvalue weighted by Gasteiger charge is 2.28. The molecule has 2 aromatic carbocycles. The van der Waals surface area contributed by atoms with Crippen LogP contribution in [-0.4, -0.2) is 11.9 Å². The summed E-state index contributed by atoms with van der Waals surface area (Å²) < 4.78 is 0. The molecule has 0 bridgehead atoms. The van der Waals surface area contributed by atoms with Crippen LogP contribution >= 0.6 is 0 Å². The summed E-state index contributed by atoms with van der Waals surface area (Å²) in [5.41, 5.74) is 3.33. The van der Waals surface area contributed by atoms with E-state index < -0.39 is 0 Å². The number of aliphatic imine (C=N–C) groups is 1. The maximum Gasteiger partial charge on any atom is 0.240 e. The van der Waals surface area contributed by atoms with Crippen LogP contribution in [0.15, 0.2) is 47.5 Å². The average Bonchev–Trinajstić information content (AvgIpc) is 2.66. The summed E-state index contributed by atoms with van der Waals surface area (Å²) in [5.74, 6) is -0.0152. The van der Waals surface area contributed by atoms with Gasteiger partial charge in [0.15, 0.2) is 5.78 Å². The molecule has 80 valence electrons. The van der Waals surface area contributed by atoms with E-state index in [-0.39, 0.29) is 5.78 Å². The molecule has 0 unspecified atom stereocenters. The Morgan fingerprint density at radius 2 is 1.59 bits per heavy atom. The summed E-state index contributed by atoms with van der Waals surface area (Å²) in [5, 5.41) is 0. The van der Waals surface area contributed by atoms with E-state index in [1.54, 1.807) is 24.3 Å². The van der Waals surface area contributed by atoms with Gasteiger partial charge in [-0.25, -0.2) is 4.79 Å². The number of nitrogens with zero attached hydrogens (tertiary/aromatic N) is 1. The second-order valence-corrected chi connectivity index (χ2v) is 3.78. The van der Waals surface area contributed by atoms with E-state index in [1.807, 2.05) is 18.2 Å². The predicted molar refractivity (Wildman–Crippen MR) is 63.1 cm³/mol. The van der Waals surface area contributed by atoms with Crippen molar-refractivity contribution in [3.05, 3.63) is 53.6 Å². The van der Waals surface area contributed by atoms with Gasteiger partial charge in [0.05, 0.1) is 5.69 Å². The van der Waals surface area contributed by atoms with Gasteiger partial charge >= 0.3 is 0 Å². The van der Waals surface area contributed by atoms with Crippen molar-refractivity contribution in [3.8, 4) is 11.1 Å². The Balaban J connectivity index is 2.41. The van der Waals surface area contributed by atoms with Gasteiger partial charge in [0.1, 0.15) is 0 Å². The molecule has 0 radical (unpaired) electrons. The molecular formula is C14H7NO2. The van der Waals surface area contributed by atoms with Gasteiger partial charge in [-0.3, -0.25) is 4.79 Å². The highest BCUT2D eigenvalue weighted by atomic mass is 16.1. The van der Waals surface area contributed by atoms with Crippen molar-refractivity contribution in [3.63, 3.8) is 0 Å². The average molecular weight is 221 g/mol. The molecule has 0 spiro atoms. The van der Waals surface area contributed by atoms with Gasteiger partial charge in [-0.1, -0.05) is 36.4 Å². The quantitative estimate of drug-likeness (QED) is 0.468. The third kappa shape index (κ3) is 1.27. The molecule has 17 heavy (non-hydrogen) atoms. The van der Waals surface area contributed by atoms with Gasteiger partial charge in [0.25, 0.3) is 0 Å². The Morgan fingerprint density at radius 3 is 2.35 bits per heavy atom. The summed E-state index contributed by atoms with van der Waals surface area (Å²) in [7, 11) is 0. The zero-order valence-electron chi connectivity index (χ0n) is 8.81. The van der Waals surface area contributed by atoms with Gasteiger partial charge in [-0.2, -0.15) is 4.99 Å². The minimum absolute atomic E-state index is 0.0152. The highest BCUT2D eigenvalue weighted by Crippen LogP contribution is 2.42. The molecule has 0 aliphatic heterocycles. The highest BCUT2D eigenvalue weighted by molar-refractivity contribution is 6.23. The maximum atomic E-state index is 12.1. The SMILES string of the molecule is O=C=Nc1cccc2c1-c1ccccc1C2=O. The van der Waals surface area contributed by atoms with Gasteiger partial charge in [0.2, 0.25) is 6.08 Å². The second-order valence-electron chi connectivity index (χ2n) is 3.78. The lowest BCUT2D eigenvalue weighted by molar-refractivity contribution is 0.104. The maximum absolute atomic E-state index is 12.1. The van der Waals surface area contributed by atoms with Gasteiger partial charge in [0, 0.05) is 16.7 Å². The van der Waals surface area contributed by atoms with Crippen LogP contribution in [-0.2, 0) is 4.79 Å². The van der Waals surface area contributed by atoms with Crippen molar-refractivity contribution < 1.29 is 9.59 Å². The lowest BCUT2D eigenvalue weighted by Crippen LogP contribution is -1.93. The third-order valence-electron chi connectivity index (χ3n) is 2.89. The lowest BCUT2D eigenvalue weighted by Gasteiger charge is -2.01. The van der Waals surface area contributed by atoms with Crippen LogP contribution < -0.4 is 0 Å². The molecule has 0 heterocycles. The fraction of sp³-hybridized carbons (Fsp3) is 0. The molecule has 0 saturated heterocycles. The molecule has 0 amide bonds. The molecule has 3 rings (SSSR count). The molecular weight excluding hydrogens is 214 g/mol. The van der Waals surface area contributed by atoms with E-state index in [4.69, 9.17) is 0 Å². The van der Waals surface area contributed by atoms with Crippen LogP contribution in [0.4, 0.5) is 5.69 Å². The van der Waals surface area contributed by atoms with Crippen molar-refractivity contribution >= 4 is 17.6 Å². The first kappa shape index (κ1) is 9.70. The number of carbonyl (C=O) groups is 1. The molecule has 1 aliphatic rings. The molecule has 3 heteroatoms. The summed E-state index contributed by atoms with van der Waals surface area (Å²) in [6, 6.07) is 12.5. The van der Waals surface area contributed by atoms with Crippen LogP contribution in [0.2, 0.25) is 0 Å². The van der Waals surface area contributed by atoms with E-state index in [1.165, 1.54) is 6.08 Å². The molecule has 0 saturated carbocycles. The molecule has 1 aliphatic carbocycles. The Kier molecular flexibility index (Phi) is 2.00. The van der Waals surface area contributed by atoms with Crippen LogP contribution in [0.5, 0.6) is 0 Å². The van der Waals surface area contributed by atoms with Crippen molar-refractivity contribution in [2.24, 2.45) is 4.99 Å². The van der Waals surface area contributed by atoms with Gasteiger partial charge < -0.3 is 0 Å². The normalized spacial score (nSPS) is 11.6. The first-order valence-corrected chi connectivity index (χ1v) is 5.18. The molecule has 0 atom stereocenters. The van der Waals surface area contributed by atoms with Crippen LogP contribution in [0.25, 0.3) is 11.1 Å². The largest absolute Gasteiger partial charge is 0.289 e. The molecule has 0 fully saturated rings. The minimum atomic E-state index is -0.0152. The topological polar surface area (TPSA) is 46.5 Å². The van der Waals surface area contributed by atoms with Crippen molar-refractivity contribution in [2.45, 2.75) is 0 Å². The van der Waals surface area contributed by atoms with Crippen LogP contribution in [0.3, 0.4) is 0 Å². The lowest BCUT2D eigenvalue weighted by atomic mass is 10.0. The van der Waals surface area contributed by atoms with E-state index >= 15 is 0 Å². The molecule has 0 N–H and O–H groups in total. The fourth-order valence-electron chi connectivity index (χ4n) is 2.20. The van der Waals surface area contributed by atoms with Crippen LogP contribution in [0.1, 0.15) is 15.9 Å². The van der Waals surface area contributed by atoms with Crippen molar-refractivity contribution in [1.29, 1.82) is 0 Å². The van der Waals surface area contributed by atoms with Crippen molar-refractivity contribution in [1.82, 2.24) is 0 Å². The van der Waals surface area contributed by atoms with Gasteiger partial charge in [-0.15, -0.1) is 0 Å². The fourth-order valence-corrected chi connectivity index (χ4v) is 2.20. The van der Waals surface area contributed by atoms with E-state index in [2.05, 4.69) is 4.99 Å². The Labute approximate surface area is 97.4 Å². The summed E-state index contributed by atoms with van der Waals surface area (Å²) in [4.78, 5) is 26.1. The van der Waals surface area contributed by atoms with E-state index in [0.717, 1.165) is 11.1 Å². The molecule has 0 aromatic heterocycles. The standard InChI is InChI=1S/C14H7NO2/c16-8-15-12-7-3-6-11-13(12)9-4-1-2-5-10(9)14(11)17/h1-7H. The zero-order chi connectivity index (χ0) is 11.8. The predicted octanol–water partition coefficient (Wildman–Crippen LogP) is 2.87. The number of hydrogen-bond donors (Lipinski definition) is 0. The van der Waals surface area contributed by atoms with Gasteiger partial charge in [-0.05, 0) is 11.6 Å². The summed E-state index contributed by atoms with van der Waals surface area (Å²) >= 11 is 0. The van der Waals surface area contributed by atoms with E-state index in [9.17, 15) is 9.59 Å². The molecule has 2 aromatic rings. The molecule has 3 nitrogen and oxygen atoms in total. The third-order valence-corrected chi connectivity index (χ3v) is 2.89. The number of carbonyl (C=O) groups excluding carboxylic acids is 2. The monoisotopic (exact) mass is 221 g/mol. The summed E-state index contributed by atoms with van der Waals surface area (Å²) in [6.45, 7) is 0. The number of rotatable bonds is 1. The number of hydrogen-bond acceptors (Lipinski definition) is 3. The minimum Gasteiger partial charge on any atom is -0.289 e. The Bertz CT molecular complexity index is 682. The van der Waals surface area contributed by atoms with Crippen LogP contribution in [0, 0.1) is 0 Å². The smallest absolute Gasteiger partial charge is 0.240 e. The number of isocyanates is 1. The second kappa shape index (κ2) is 3.51. The first-order valence-electron chi connectivity index (χ1n) is 5.18. The number of fused-ring (bicyclic) bond motifs is 3. The number of benzene rings is 2. The Hall–Kier alpha value is -2.51. The van der Waals surface area contributed by atoms with E-state index in [0.29, 0.717) is 16.8 Å². The summed E-state index contributed by atoms with van der Waals surface area (Å²) in [6.07, 6.45) is 1.52. The number of ketones is 1. The first-order chi connectivity index (χ1) is 8.33.